The van der Waals surface area contributed by atoms with E-state index < -0.39 is 17.8 Å². The summed E-state index contributed by atoms with van der Waals surface area (Å²) in [5, 5.41) is 11.2. The van der Waals surface area contributed by atoms with Gasteiger partial charge in [0.2, 0.25) is 11.8 Å². The van der Waals surface area contributed by atoms with E-state index in [1.807, 2.05) is 0 Å². The molecule has 1 heterocycles. The zero-order chi connectivity index (χ0) is 17.5. The number of benzene rings is 1. The molecule has 2 N–H and O–H groups in total. The van der Waals surface area contributed by atoms with Crippen molar-refractivity contribution in [3.05, 3.63) is 34.9 Å². The van der Waals surface area contributed by atoms with Gasteiger partial charge in [0.25, 0.3) is 0 Å². The number of hydrogen-bond donors (Lipinski definition) is 2. The van der Waals surface area contributed by atoms with Crippen molar-refractivity contribution in [1.29, 1.82) is 0 Å². The molecule has 0 unspecified atom stereocenters. The van der Waals surface area contributed by atoms with E-state index in [0.717, 1.165) is 10.5 Å². The molecule has 0 aliphatic carbocycles. The monoisotopic (exact) mass is 334 g/mol. The fourth-order valence-electron chi connectivity index (χ4n) is 2.35. The lowest BCUT2D eigenvalue weighted by atomic mass is 10.0. The van der Waals surface area contributed by atoms with E-state index in [2.05, 4.69) is 5.32 Å². The second-order valence-electron chi connectivity index (χ2n) is 5.30. The Morgan fingerprint density at radius 3 is 2.58 bits per heavy atom. The maximum atomic E-state index is 11.6. The van der Waals surface area contributed by atoms with Crippen molar-refractivity contribution in [2.75, 3.05) is 19.8 Å². The summed E-state index contributed by atoms with van der Waals surface area (Å²) >= 11 is 0. The molecule has 1 aliphatic heterocycles. The Kier molecular flexibility index (Phi) is 6.16. The van der Waals surface area contributed by atoms with Crippen molar-refractivity contribution in [3.63, 3.8) is 0 Å². The van der Waals surface area contributed by atoms with E-state index in [9.17, 15) is 19.2 Å². The van der Waals surface area contributed by atoms with E-state index in [1.165, 1.54) is 0 Å². The number of ether oxygens (including phenoxy) is 1. The average Bonchev–Trinajstić information content (AvgIpc) is 2.56. The Bertz CT molecular complexity index is 638. The highest BCUT2D eigenvalue weighted by molar-refractivity contribution is 6.14. The first-order valence-corrected chi connectivity index (χ1v) is 7.44. The highest BCUT2D eigenvalue weighted by atomic mass is 16.5. The maximum Gasteiger partial charge on any atom is 0.330 e. The van der Waals surface area contributed by atoms with Crippen LogP contribution in [-0.2, 0) is 27.4 Å². The first kappa shape index (κ1) is 17.8. The molecular weight excluding hydrogens is 316 g/mol. The second kappa shape index (κ2) is 8.32. The van der Waals surface area contributed by atoms with Gasteiger partial charge >= 0.3 is 6.03 Å². The van der Waals surface area contributed by atoms with Crippen molar-refractivity contribution in [3.8, 4) is 0 Å². The van der Waals surface area contributed by atoms with Gasteiger partial charge in [-0.15, -0.1) is 0 Å². The zero-order valence-electron chi connectivity index (χ0n) is 13.0. The van der Waals surface area contributed by atoms with Crippen LogP contribution in [-0.4, -0.2) is 53.9 Å². The average molecular weight is 334 g/mol. The predicted octanol–water partition coefficient (Wildman–Crippen LogP) is 0.0190. The van der Waals surface area contributed by atoms with Crippen LogP contribution in [0.25, 0.3) is 0 Å². The number of aldehydes is 1. The van der Waals surface area contributed by atoms with Gasteiger partial charge in [0.05, 0.1) is 26.4 Å². The number of amides is 4. The van der Waals surface area contributed by atoms with Crippen LogP contribution in [0.3, 0.4) is 0 Å². The molecule has 0 radical (unpaired) electrons. The summed E-state index contributed by atoms with van der Waals surface area (Å²) in [7, 11) is 0. The topological polar surface area (TPSA) is 113 Å². The number of nitrogens with one attached hydrogen (secondary N) is 1. The zero-order valence-corrected chi connectivity index (χ0v) is 13.0. The van der Waals surface area contributed by atoms with Gasteiger partial charge in [0.15, 0.2) is 0 Å². The molecule has 128 valence electrons. The van der Waals surface area contributed by atoms with E-state index in [4.69, 9.17) is 9.84 Å². The van der Waals surface area contributed by atoms with Gasteiger partial charge in [0.1, 0.15) is 12.7 Å². The van der Waals surface area contributed by atoms with E-state index in [0.29, 0.717) is 30.4 Å². The number of imide groups is 2. The lowest BCUT2D eigenvalue weighted by Crippen LogP contribution is -2.53. The number of aliphatic hydroxyl groups excluding tert-OH is 1. The summed E-state index contributed by atoms with van der Waals surface area (Å²) in [5.74, 6) is -1.14. The second-order valence-corrected chi connectivity index (χ2v) is 5.30. The van der Waals surface area contributed by atoms with Crippen molar-refractivity contribution in [1.82, 2.24) is 10.2 Å². The van der Waals surface area contributed by atoms with Crippen LogP contribution >= 0.6 is 0 Å². The van der Waals surface area contributed by atoms with Gasteiger partial charge in [-0.3, -0.25) is 24.6 Å². The molecule has 1 saturated heterocycles. The summed E-state index contributed by atoms with van der Waals surface area (Å²) in [6.07, 6.45) is 0.896. The van der Waals surface area contributed by atoms with Gasteiger partial charge in [0, 0.05) is 5.56 Å². The van der Waals surface area contributed by atoms with Gasteiger partial charge in [-0.1, -0.05) is 6.07 Å². The lowest BCUT2D eigenvalue weighted by Gasteiger charge is -2.24. The van der Waals surface area contributed by atoms with Crippen LogP contribution in [0.5, 0.6) is 0 Å². The minimum atomic E-state index is -0.730. The summed E-state index contributed by atoms with van der Waals surface area (Å²) < 4.78 is 5.40. The molecule has 1 fully saturated rings. The third kappa shape index (κ3) is 4.71. The summed E-state index contributed by atoms with van der Waals surface area (Å²) in [4.78, 5) is 45.9. The third-order valence-corrected chi connectivity index (χ3v) is 3.49. The molecule has 24 heavy (non-hydrogen) atoms. The Labute approximate surface area is 138 Å². The van der Waals surface area contributed by atoms with Gasteiger partial charge in [-0.05, 0) is 29.7 Å². The Morgan fingerprint density at radius 2 is 1.92 bits per heavy atom. The van der Waals surface area contributed by atoms with Gasteiger partial charge in [-0.2, -0.15) is 0 Å². The Morgan fingerprint density at radius 1 is 1.17 bits per heavy atom. The fourth-order valence-corrected chi connectivity index (χ4v) is 2.35. The van der Waals surface area contributed by atoms with Crippen molar-refractivity contribution >= 4 is 24.1 Å². The molecular formula is C16H18N2O6. The summed E-state index contributed by atoms with van der Waals surface area (Å²) in [5.41, 5.74) is 1.98. The van der Waals surface area contributed by atoms with Gasteiger partial charge < -0.3 is 9.84 Å². The SMILES string of the molecule is O=Cc1cc(CO)cc(CCOCCN2C(=O)CC(=O)NC2=O)c1. The molecule has 1 aromatic rings. The molecule has 1 aliphatic rings. The highest BCUT2D eigenvalue weighted by Crippen LogP contribution is 2.10. The molecule has 0 aromatic heterocycles. The van der Waals surface area contributed by atoms with Crippen molar-refractivity contribution in [2.45, 2.75) is 19.4 Å². The highest BCUT2D eigenvalue weighted by Gasteiger charge is 2.30. The van der Waals surface area contributed by atoms with E-state index in [1.54, 1.807) is 18.2 Å². The number of urea groups is 1. The number of rotatable bonds is 8. The fraction of sp³-hybridized carbons (Fsp3) is 0.375. The molecule has 0 atom stereocenters. The molecule has 8 heteroatoms. The minimum absolute atomic E-state index is 0.0637. The van der Waals surface area contributed by atoms with Crippen molar-refractivity contribution < 1.29 is 29.0 Å². The van der Waals surface area contributed by atoms with Gasteiger partial charge in [-0.25, -0.2) is 4.79 Å². The summed E-state index contributed by atoms with van der Waals surface area (Å²) in [6, 6.07) is 4.37. The van der Waals surface area contributed by atoms with E-state index in [-0.39, 0.29) is 26.2 Å². The van der Waals surface area contributed by atoms with Crippen LogP contribution < -0.4 is 5.32 Å². The number of carbonyl (C=O) groups excluding carboxylic acids is 4. The lowest BCUT2D eigenvalue weighted by molar-refractivity contribution is -0.136. The smallest absolute Gasteiger partial charge is 0.330 e. The number of aliphatic hydroxyl groups is 1. The van der Waals surface area contributed by atoms with E-state index >= 15 is 0 Å². The summed E-state index contributed by atoms with van der Waals surface area (Å²) in [6.45, 7) is 0.387. The molecule has 0 spiro atoms. The first-order chi connectivity index (χ1) is 11.5. The van der Waals surface area contributed by atoms with Crippen molar-refractivity contribution in [2.24, 2.45) is 0 Å². The number of carbonyl (C=O) groups is 4. The van der Waals surface area contributed by atoms with Crippen LogP contribution in [0.15, 0.2) is 18.2 Å². The maximum absolute atomic E-state index is 11.6. The van der Waals surface area contributed by atoms with Crippen LogP contribution in [0.4, 0.5) is 4.79 Å². The molecule has 0 bridgehead atoms. The van der Waals surface area contributed by atoms with Crippen LogP contribution in [0, 0.1) is 0 Å². The molecule has 8 nitrogen and oxygen atoms in total. The number of barbiturate groups is 1. The normalized spacial score (nSPS) is 14.7. The Hall–Kier alpha value is -2.58. The molecule has 0 saturated carbocycles. The third-order valence-electron chi connectivity index (χ3n) is 3.49. The number of nitrogens with zero attached hydrogens (tertiary/aromatic N) is 1. The minimum Gasteiger partial charge on any atom is -0.392 e. The standard InChI is InChI=1S/C16H18N2O6/c19-9-12-5-11(6-13(7-12)10-20)1-3-24-4-2-18-15(22)8-14(21)17-16(18)23/h5-7,9,20H,1-4,8,10H2,(H,17,21,23). The first-order valence-electron chi connectivity index (χ1n) is 7.44. The Balaban J connectivity index is 1.77. The molecule has 2 rings (SSSR count). The van der Waals surface area contributed by atoms with Crippen LogP contribution in [0.1, 0.15) is 27.9 Å². The number of hydrogen-bond acceptors (Lipinski definition) is 6. The quantitative estimate of drug-likeness (QED) is 0.394. The molecule has 1 aromatic carbocycles. The molecule has 4 amide bonds. The van der Waals surface area contributed by atoms with Crippen LogP contribution in [0.2, 0.25) is 0 Å². The predicted molar refractivity (Wildman–Crippen MR) is 82.1 cm³/mol. The largest absolute Gasteiger partial charge is 0.392 e.